The molecule has 6 atom stereocenters. The highest BCUT2D eigenvalue weighted by atomic mass is 19.4. The molecule has 4 fully saturated rings. The van der Waals surface area contributed by atoms with Gasteiger partial charge in [-0.05, 0) is 17.2 Å². The first kappa shape index (κ1) is 33.9. The van der Waals surface area contributed by atoms with Crippen molar-refractivity contribution in [2.75, 3.05) is 19.8 Å². The molecular weight excluding hydrogens is 661 g/mol. The maximum absolute atomic E-state index is 14.1. The van der Waals surface area contributed by atoms with Crippen molar-refractivity contribution in [1.29, 1.82) is 0 Å². The van der Waals surface area contributed by atoms with E-state index in [1.807, 2.05) is 60.7 Å². The number of hydrogen-bond acceptors (Lipinski definition) is 10. The monoisotopic (exact) mass is 694 g/mol. The third kappa shape index (κ3) is 6.07. The van der Waals surface area contributed by atoms with E-state index >= 15 is 0 Å². The molecule has 1 saturated carbocycles. The summed E-state index contributed by atoms with van der Waals surface area (Å²) in [5.74, 6) is -3.77. The van der Waals surface area contributed by atoms with E-state index in [2.05, 4.69) is 10.1 Å². The topological polar surface area (TPSA) is 133 Å². The van der Waals surface area contributed by atoms with E-state index in [4.69, 9.17) is 19.0 Å². The highest BCUT2D eigenvalue weighted by Gasteiger charge is 2.76. The lowest BCUT2D eigenvalue weighted by molar-refractivity contribution is -0.213. The number of carbonyl (C=O) groups excluding carboxylic acids is 3. The van der Waals surface area contributed by atoms with Gasteiger partial charge in [-0.2, -0.15) is 18.2 Å². The smallest absolute Gasteiger partial charge is 0.422 e. The molecule has 3 saturated heterocycles. The lowest BCUT2D eigenvalue weighted by Gasteiger charge is -2.48. The SMILES string of the molecule is O=C(C=Cc1cccc(CN2O[C@@H]3[C@H]4OC(c5ccccc5)(c5ccccc5)O[C@H]4[C@H]4C[C@]3(C(=O)NCCO)[C@@H]2C(=O)O4)c1)OCC(F)(F)F. The number of nitrogens with zero attached hydrogens (tertiary/aromatic N) is 1. The molecule has 3 aliphatic heterocycles. The Bertz CT molecular complexity index is 1730. The molecule has 14 heteroatoms. The third-order valence-electron chi connectivity index (χ3n) is 9.36. The van der Waals surface area contributed by atoms with E-state index in [0.29, 0.717) is 22.3 Å². The largest absolute Gasteiger partial charge is 0.458 e. The van der Waals surface area contributed by atoms with Gasteiger partial charge >= 0.3 is 18.1 Å². The molecule has 11 nitrogen and oxygen atoms in total. The zero-order valence-corrected chi connectivity index (χ0v) is 26.5. The van der Waals surface area contributed by atoms with Crippen molar-refractivity contribution >= 4 is 23.9 Å². The Hall–Kier alpha value is -4.60. The minimum atomic E-state index is -4.65. The predicted octanol–water partition coefficient (Wildman–Crippen LogP) is 3.40. The second-order valence-corrected chi connectivity index (χ2v) is 12.5. The number of rotatable bonds is 10. The van der Waals surface area contributed by atoms with Crippen molar-refractivity contribution < 1.29 is 56.4 Å². The molecule has 50 heavy (non-hydrogen) atoms. The Balaban J connectivity index is 1.22. The number of hydrogen-bond donors (Lipinski definition) is 2. The van der Waals surface area contributed by atoms with E-state index in [1.54, 1.807) is 24.3 Å². The number of halogens is 3. The lowest BCUT2D eigenvalue weighted by Crippen LogP contribution is -2.69. The number of hydroxylamine groups is 2. The van der Waals surface area contributed by atoms with E-state index in [-0.39, 0.29) is 26.1 Å². The van der Waals surface area contributed by atoms with Crippen molar-refractivity contribution in [3.63, 3.8) is 0 Å². The summed E-state index contributed by atoms with van der Waals surface area (Å²) >= 11 is 0. The summed E-state index contributed by atoms with van der Waals surface area (Å²) in [6, 6.07) is 24.1. The van der Waals surface area contributed by atoms with Gasteiger partial charge in [-0.3, -0.25) is 14.4 Å². The quantitative estimate of drug-likeness (QED) is 0.241. The standard InChI is InChI=1S/C36H33F3N2O9/c37-35(38,39)21-46-27(43)15-14-22-8-7-9-23(18-22)20-41-30-32(44)47-26-19-34(30,33(45)40-16-17-42)31(50-41)29-28(26)48-36(49-29,24-10-3-1-4-11-24)25-12-5-2-6-13-25/h1-15,18,26,28-31,42H,16-17,19-21H2,(H,40,45)/t26-,28+,29+,30+,31-,34+/m1/s1. The molecule has 3 heterocycles. The fraction of sp³-hybridized carbons (Fsp3) is 0.361. The van der Waals surface area contributed by atoms with Crippen LogP contribution in [-0.4, -0.2) is 84.4 Å². The molecule has 0 aromatic heterocycles. The van der Waals surface area contributed by atoms with Gasteiger partial charge < -0.3 is 29.4 Å². The van der Waals surface area contributed by atoms with Gasteiger partial charge in [0.25, 0.3) is 0 Å². The molecule has 3 aromatic rings. The fourth-order valence-corrected chi connectivity index (χ4v) is 7.36. The minimum absolute atomic E-state index is 0.0169. The van der Waals surface area contributed by atoms with Crippen LogP contribution in [0.15, 0.2) is 91.0 Å². The normalized spacial score (nSPS) is 28.2. The first-order chi connectivity index (χ1) is 24.0. The summed E-state index contributed by atoms with van der Waals surface area (Å²) in [4.78, 5) is 46.4. The van der Waals surface area contributed by atoms with Gasteiger partial charge in [0.15, 0.2) is 12.6 Å². The van der Waals surface area contributed by atoms with Gasteiger partial charge in [0.05, 0.1) is 13.2 Å². The highest BCUT2D eigenvalue weighted by molar-refractivity contribution is 5.93. The van der Waals surface area contributed by atoms with Crippen molar-refractivity contribution in [1.82, 2.24) is 10.4 Å². The zero-order chi connectivity index (χ0) is 35.1. The first-order valence-corrected chi connectivity index (χ1v) is 16.0. The van der Waals surface area contributed by atoms with Crippen LogP contribution in [0.1, 0.15) is 28.7 Å². The summed E-state index contributed by atoms with van der Waals surface area (Å²) in [6.45, 7) is -2.10. The lowest BCUT2D eigenvalue weighted by atomic mass is 9.62. The number of fused-ring (bicyclic) bond motifs is 4. The summed E-state index contributed by atoms with van der Waals surface area (Å²) < 4.78 is 61.2. The Kier molecular flexibility index (Phi) is 8.99. The van der Waals surface area contributed by atoms with Crippen molar-refractivity contribution in [3.05, 3.63) is 113 Å². The maximum Gasteiger partial charge on any atom is 0.422 e. The Morgan fingerprint density at radius 2 is 1.66 bits per heavy atom. The van der Waals surface area contributed by atoms with Crippen LogP contribution in [0.3, 0.4) is 0 Å². The Morgan fingerprint density at radius 3 is 2.32 bits per heavy atom. The number of aliphatic hydroxyl groups is 1. The molecule has 1 aliphatic carbocycles. The van der Waals surface area contributed by atoms with Crippen LogP contribution in [0.4, 0.5) is 13.2 Å². The third-order valence-corrected chi connectivity index (χ3v) is 9.36. The van der Waals surface area contributed by atoms with Crippen molar-refractivity contribution in [3.8, 4) is 0 Å². The molecule has 0 unspecified atom stereocenters. The van der Waals surface area contributed by atoms with Gasteiger partial charge in [0.1, 0.15) is 29.8 Å². The molecule has 3 aromatic carbocycles. The van der Waals surface area contributed by atoms with Crippen LogP contribution < -0.4 is 5.32 Å². The second kappa shape index (κ2) is 13.3. The van der Waals surface area contributed by atoms with Crippen LogP contribution in [0.5, 0.6) is 0 Å². The number of esters is 2. The summed E-state index contributed by atoms with van der Waals surface area (Å²) in [6.07, 6.45) is -5.96. The molecule has 0 radical (unpaired) electrons. The van der Waals surface area contributed by atoms with Crippen molar-refractivity contribution in [2.24, 2.45) is 5.41 Å². The molecule has 4 aliphatic rings. The summed E-state index contributed by atoms with van der Waals surface area (Å²) in [5.41, 5.74) is 0.965. The maximum atomic E-state index is 14.1. The first-order valence-electron chi connectivity index (χ1n) is 16.0. The number of ether oxygens (including phenoxy) is 4. The molecule has 262 valence electrons. The van der Waals surface area contributed by atoms with E-state index < -0.39 is 72.3 Å². The van der Waals surface area contributed by atoms with Crippen LogP contribution in [0.25, 0.3) is 6.08 Å². The van der Waals surface area contributed by atoms with E-state index in [1.165, 1.54) is 11.1 Å². The van der Waals surface area contributed by atoms with Crippen LogP contribution in [0, 0.1) is 5.41 Å². The number of aliphatic hydroxyl groups excluding tert-OH is 1. The van der Waals surface area contributed by atoms with Crippen molar-refractivity contribution in [2.45, 2.75) is 55.4 Å². The number of amides is 1. The molecule has 2 N–H and O–H groups in total. The molecule has 1 amide bonds. The van der Waals surface area contributed by atoms with Gasteiger partial charge in [0, 0.05) is 30.2 Å². The average molecular weight is 695 g/mol. The Morgan fingerprint density at radius 1 is 0.980 bits per heavy atom. The van der Waals surface area contributed by atoms with Crippen LogP contribution in [0.2, 0.25) is 0 Å². The molecule has 2 bridgehead atoms. The Labute approximate surface area is 284 Å². The summed E-state index contributed by atoms with van der Waals surface area (Å²) in [7, 11) is 0. The molecular formula is C36H33F3N2O9. The van der Waals surface area contributed by atoms with Gasteiger partial charge in [-0.1, -0.05) is 84.9 Å². The minimum Gasteiger partial charge on any atom is -0.458 e. The summed E-state index contributed by atoms with van der Waals surface area (Å²) in [5, 5.41) is 13.7. The van der Waals surface area contributed by atoms with E-state index in [0.717, 1.165) is 6.08 Å². The second-order valence-electron chi connectivity index (χ2n) is 12.5. The number of nitrogens with one attached hydrogen (secondary N) is 1. The number of alkyl halides is 3. The van der Waals surface area contributed by atoms with Crippen LogP contribution >= 0.6 is 0 Å². The number of benzene rings is 3. The predicted molar refractivity (Wildman–Crippen MR) is 167 cm³/mol. The van der Waals surface area contributed by atoms with Gasteiger partial charge in [-0.15, -0.1) is 0 Å². The molecule has 7 rings (SSSR count). The van der Waals surface area contributed by atoms with Gasteiger partial charge in [0.2, 0.25) is 11.7 Å². The number of carbonyl (C=O) groups is 3. The van der Waals surface area contributed by atoms with Crippen LogP contribution in [-0.2, 0) is 50.5 Å². The zero-order valence-electron chi connectivity index (χ0n) is 26.5. The van der Waals surface area contributed by atoms with E-state index in [9.17, 15) is 32.7 Å². The highest BCUT2D eigenvalue weighted by Crippen LogP contribution is 2.59. The molecule has 0 spiro atoms. The average Bonchev–Trinajstić information content (AvgIpc) is 3.69. The fourth-order valence-electron chi connectivity index (χ4n) is 7.36. The van der Waals surface area contributed by atoms with Gasteiger partial charge in [-0.25, -0.2) is 4.79 Å².